The summed E-state index contributed by atoms with van der Waals surface area (Å²) in [6, 6.07) is 17.0. The number of aromatic nitrogens is 2. The molecule has 8 nitrogen and oxygen atoms in total. The fourth-order valence-corrected chi connectivity index (χ4v) is 3.49. The third-order valence-corrected chi connectivity index (χ3v) is 5.21. The van der Waals surface area contributed by atoms with Crippen LogP contribution in [0.1, 0.15) is 21.6 Å². The third kappa shape index (κ3) is 5.10. The molecule has 0 bridgehead atoms. The number of hydrogen-bond donors (Lipinski definition) is 1. The van der Waals surface area contributed by atoms with Crippen molar-refractivity contribution in [2.45, 2.75) is 13.5 Å². The fourth-order valence-electron chi connectivity index (χ4n) is 3.49. The maximum atomic E-state index is 12.5. The van der Waals surface area contributed by atoms with Crippen molar-refractivity contribution in [3.63, 3.8) is 0 Å². The quantitative estimate of drug-likeness (QED) is 0.680. The highest BCUT2D eigenvalue weighted by molar-refractivity contribution is 5.86. The van der Waals surface area contributed by atoms with E-state index in [1.165, 1.54) is 17.8 Å². The van der Waals surface area contributed by atoms with Crippen LogP contribution >= 0.6 is 0 Å². The lowest BCUT2D eigenvalue weighted by Crippen LogP contribution is -2.49. The van der Waals surface area contributed by atoms with Crippen LogP contribution in [0.25, 0.3) is 0 Å². The van der Waals surface area contributed by atoms with E-state index in [9.17, 15) is 9.59 Å². The van der Waals surface area contributed by atoms with Gasteiger partial charge in [-0.1, -0.05) is 29.8 Å². The summed E-state index contributed by atoms with van der Waals surface area (Å²) in [5.41, 5.74) is 2.19. The van der Waals surface area contributed by atoms with Crippen LogP contribution in [0.3, 0.4) is 0 Å². The Labute approximate surface area is 180 Å². The van der Waals surface area contributed by atoms with Crippen molar-refractivity contribution in [1.82, 2.24) is 19.6 Å². The number of carbonyl (C=O) groups excluding carboxylic acids is 1. The molecule has 1 aliphatic rings. The van der Waals surface area contributed by atoms with Gasteiger partial charge in [0.15, 0.2) is 5.69 Å². The van der Waals surface area contributed by atoms with Crippen molar-refractivity contribution in [2.24, 2.45) is 0 Å². The lowest BCUT2D eigenvalue weighted by Gasteiger charge is -2.34. The van der Waals surface area contributed by atoms with E-state index in [1.54, 1.807) is 4.90 Å². The Kier molecular flexibility index (Phi) is 5.99. The molecule has 3 aromatic rings. The van der Waals surface area contributed by atoms with Crippen molar-refractivity contribution in [2.75, 3.05) is 26.2 Å². The maximum absolute atomic E-state index is 12.5. The molecule has 31 heavy (non-hydrogen) atoms. The van der Waals surface area contributed by atoms with Gasteiger partial charge in [-0.05, 0) is 42.8 Å². The van der Waals surface area contributed by atoms with Crippen molar-refractivity contribution in [3.8, 4) is 11.5 Å². The van der Waals surface area contributed by atoms with Gasteiger partial charge in [0, 0.05) is 38.9 Å². The Morgan fingerprint density at radius 2 is 1.74 bits per heavy atom. The van der Waals surface area contributed by atoms with Crippen LogP contribution < -0.4 is 4.74 Å². The van der Waals surface area contributed by atoms with Crippen molar-refractivity contribution in [1.29, 1.82) is 0 Å². The number of rotatable bonds is 5. The number of aryl methyl sites for hydroxylation is 1. The van der Waals surface area contributed by atoms with Crippen molar-refractivity contribution >= 4 is 12.0 Å². The number of benzene rings is 2. The van der Waals surface area contributed by atoms with Gasteiger partial charge in [0.25, 0.3) is 0 Å². The number of carbonyl (C=O) groups is 2. The molecular weight excluding hydrogens is 396 g/mol. The molecule has 0 spiro atoms. The summed E-state index contributed by atoms with van der Waals surface area (Å²) in [6.45, 7) is 5.36. The Hall–Kier alpha value is -3.65. The van der Waals surface area contributed by atoms with Crippen molar-refractivity contribution < 1.29 is 19.4 Å². The molecule has 1 saturated heterocycles. The van der Waals surface area contributed by atoms with E-state index in [0.29, 0.717) is 13.1 Å². The molecule has 0 atom stereocenters. The zero-order chi connectivity index (χ0) is 21.8. The Bertz CT molecular complexity index is 1070. The smallest absolute Gasteiger partial charge is 0.356 e. The van der Waals surface area contributed by atoms with Gasteiger partial charge < -0.3 is 14.7 Å². The zero-order valence-corrected chi connectivity index (χ0v) is 17.3. The second-order valence-electron chi connectivity index (χ2n) is 7.56. The van der Waals surface area contributed by atoms with E-state index < -0.39 is 5.97 Å². The Morgan fingerprint density at radius 1 is 1.00 bits per heavy atom. The predicted molar refractivity (Wildman–Crippen MR) is 115 cm³/mol. The first-order chi connectivity index (χ1) is 15.0. The lowest BCUT2D eigenvalue weighted by molar-refractivity contribution is 0.0689. The molecule has 160 valence electrons. The van der Waals surface area contributed by atoms with Gasteiger partial charge in [0.1, 0.15) is 11.5 Å². The average molecular weight is 420 g/mol. The topological polar surface area (TPSA) is 87.9 Å². The maximum Gasteiger partial charge on any atom is 0.356 e. The van der Waals surface area contributed by atoms with E-state index in [4.69, 9.17) is 9.84 Å². The molecular formula is C23H24N4O4. The standard InChI is InChI=1S/C23H24N4O4/c1-17-5-7-19(8-6-17)31-20-4-2-3-18(15-20)16-25-11-13-26(14-12-25)23(30)27-10-9-21(24-27)22(28)29/h2-10,15H,11-14,16H2,1H3,(H,28,29). The minimum atomic E-state index is -1.15. The highest BCUT2D eigenvalue weighted by Crippen LogP contribution is 2.23. The monoisotopic (exact) mass is 420 g/mol. The van der Waals surface area contributed by atoms with Crippen LogP contribution in [-0.4, -0.2) is 62.9 Å². The SMILES string of the molecule is Cc1ccc(Oc2cccc(CN3CCN(C(=O)n4ccc(C(=O)O)n4)CC3)c2)cc1. The second-order valence-corrected chi connectivity index (χ2v) is 7.56. The first-order valence-corrected chi connectivity index (χ1v) is 10.1. The Morgan fingerprint density at radius 3 is 2.42 bits per heavy atom. The van der Waals surface area contributed by atoms with Gasteiger partial charge in [-0.3, -0.25) is 4.90 Å². The van der Waals surface area contributed by atoms with E-state index >= 15 is 0 Å². The summed E-state index contributed by atoms with van der Waals surface area (Å²) in [5.74, 6) is 0.451. The predicted octanol–water partition coefficient (Wildman–Crippen LogP) is 3.47. The molecule has 0 aliphatic carbocycles. The van der Waals surface area contributed by atoms with Crippen LogP contribution in [0, 0.1) is 6.92 Å². The minimum Gasteiger partial charge on any atom is -0.476 e. The van der Waals surface area contributed by atoms with Gasteiger partial charge in [0.05, 0.1) is 0 Å². The molecule has 1 aromatic heterocycles. The van der Waals surface area contributed by atoms with E-state index in [2.05, 4.69) is 16.1 Å². The minimum absolute atomic E-state index is 0.139. The molecule has 0 saturated carbocycles. The number of aromatic carboxylic acids is 1. The summed E-state index contributed by atoms with van der Waals surface area (Å²) < 4.78 is 7.04. The molecule has 1 aliphatic heterocycles. The molecule has 0 radical (unpaired) electrons. The first kappa shape index (κ1) is 20.6. The van der Waals surface area contributed by atoms with Gasteiger partial charge in [-0.25, -0.2) is 9.59 Å². The highest BCUT2D eigenvalue weighted by atomic mass is 16.5. The normalized spacial score (nSPS) is 14.4. The number of carboxylic acids is 1. The number of hydrogen-bond acceptors (Lipinski definition) is 5. The molecule has 8 heteroatoms. The summed E-state index contributed by atoms with van der Waals surface area (Å²) in [4.78, 5) is 27.5. The summed E-state index contributed by atoms with van der Waals surface area (Å²) in [7, 11) is 0. The van der Waals surface area contributed by atoms with E-state index in [1.807, 2.05) is 49.4 Å². The van der Waals surface area contributed by atoms with Crippen LogP contribution in [0.15, 0.2) is 60.8 Å². The van der Waals surface area contributed by atoms with Crippen LogP contribution in [0.2, 0.25) is 0 Å². The second kappa shape index (κ2) is 9.01. The van der Waals surface area contributed by atoms with Crippen LogP contribution in [0.4, 0.5) is 4.79 Å². The Balaban J connectivity index is 1.32. The molecule has 1 N–H and O–H groups in total. The molecule has 1 amide bonds. The summed E-state index contributed by atoms with van der Waals surface area (Å²) >= 11 is 0. The average Bonchev–Trinajstić information content (AvgIpc) is 3.26. The lowest BCUT2D eigenvalue weighted by atomic mass is 10.2. The molecule has 0 unspecified atom stereocenters. The number of ether oxygens (including phenoxy) is 1. The van der Waals surface area contributed by atoms with Crippen LogP contribution in [-0.2, 0) is 6.54 Å². The van der Waals surface area contributed by atoms with E-state index in [-0.39, 0.29) is 11.7 Å². The van der Waals surface area contributed by atoms with Gasteiger partial charge in [-0.15, -0.1) is 0 Å². The van der Waals surface area contributed by atoms with E-state index in [0.717, 1.165) is 41.4 Å². The first-order valence-electron chi connectivity index (χ1n) is 10.1. The van der Waals surface area contributed by atoms with Gasteiger partial charge in [0.2, 0.25) is 0 Å². The van der Waals surface area contributed by atoms with Crippen LogP contribution in [0.5, 0.6) is 11.5 Å². The number of piperazine rings is 1. The largest absolute Gasteiger partial charge is 0.476 e. The molecule has 2 aromatic carbocycles. The number of carboxylic acid groups (broad SMARTS) is 1. The molecule has 1 fully saturated rings. The number of nitrogens with zero attached hydrogens (tertiary/aromatic N) is 4. The fraction of sp³-hybridized carbons (Fsp3) is 0.261. The third-order valence-electron chi connectivity index (χ3n) is 5.21. The highest BCUT2D eigenvalue weighted by Gasteiger charge is 2.23. The van der Waals surface area contributed by atoms with Gasteiger partial charge in [-0.2, -0.15) is 9.78 Å². The summed E-state index contributed by atoms with van der Waals surface area (Å²) in [5, 5.41) is 12.8. The summed E-state index contributed by atoms with van der Waals surface area (Å²) in [6.07, 6.45) is 1.39. The zero-order valence-electron chi connectivity index (χ0n) is 17.3. The number of amides is 1. The van der Waals surface area contributed by atoms with Crippen molar-refractivity contribution in [3.05, 3.63) is 77.6 Å². The van der Waals surface area contributed by atoms with Gasteiger partial charge >= 0.3 is 12.0 Å². The molecule has 2 heterocycles. The molecule has 4 rings (SSSR count).